The molecule has 0 fully saturated rings. The zero-order chi connectivity index (χ0) is 14.5. The number of hydrogen-bond acceptors (Lipinski definition) is 3. The van der Waals surface area contributed by atoms with Crippen LogP contribution in [0.2, 0.25) is 0 Å². The fourth-order valence-corrected chi connectivity index (χ4v) is 2.31. The molecule has 4 nitrogen and oxygen atoms in total. The van der Waals surface area contributed by atoms with Crippen LogP contribution >= 0.6 is 0 Å². The van der Waals surface area contributed by atoms with Crippen molar-refractivity contribution in [2.24, 2.45) is 5.92 Å². The first-order valence-corrected chi connectivity index (χ1v) is 8.26. The number of nitrogens with one attached hydrogen (secondary N) is 2. The summed E-state index contributed by atoms with van der Waals surface area (Å²) in [6, 6.07) is 4.33. The second kappa shape index (κ2) is 6.75. The van der Waals surface area contributed by atoms with Gasteiger partial charge in [-0.05, 0) is 24.1 Å². The molecule has 1 aromatic carbocycles. The zero-order valence-corrected chi connectivity index (χ0v) is 12.3. The van der Waals surface area contributed by atoms with E-state index in [2.05, 4.69) is 23.9 Å². The van der Waals surface area contributed by atoms with Gasteiger partial charge in [-0.3, -0.25) is 4.72 Å². The van der Waals surface area contributed by atoms with Crippen molar-refractivity contribution in [2.45, 2.75) is 26.7 Å². The molecule has 0 bridgehead atoms. The maximum absolute atomic E-state index is 13.5. The van der Waals surface area contributed by atoms with Crippen LogP contribution in [0.1, 0.15) is 26.7 Å². The van der Waals surface area contributed by atoms with Crippen LogP contribution in [-0.2, 0) is 10.0 Å². The fraction of sp³-hybridized carbons (Fsp3) is 0.538. The lowest BCUT2D eigenvalue weighted by atomic mass is 10.0. The van der Waals surface area contributed by atoms with Gasteiger partial charge >= 0.3 is 0 Å². The highest BCUT2D eigenvalue weighted by Crippen LogP contribution is 2.21. The SMILES string of the molecule is CCC(CC)CNc1ccc(F)c(NS(C)(=O)=O)c1. The van der Waals surface area contributed by atoms with E-state index in [4.69, 9.17) is 0 Å². The number of anilines is 2. The molecular formula is C13H21FN2O2S. The quantitative estimate of drug-likeness (QED) is 0.810. The van der Waals surface area contributed by atoms with Crippen molar-refractivity contribution >= 4 is 21.4 Å². The maximum atomic E-state index is 13.5. The van der Waals surface area contributed by atoms with E-state index in [1.54, 1.807) is 6.07 Å². The topological polar surface area (TPSA) is 58.2 Å². The van der Waals surface area contributed by atoms with E-state index in [1.165, 1.54) is 12.1 Å². The minimum Gasteiger partial charge on any atom is -0.385 e. The van der Waals surface area contributed by atoms with Gasteiger partial charge in [0.25, 0.3) is 0 Å². The fourth-order valence-electron chi connectivity index (χ4n) is 1.75. The van der Waals surface area contributed by atoms with Crippen molar-refractivity contribution in [1.29, 1.82) is 0 Å². The van der Waals surface area contributed by atoms with E-state index in [1.807, 2.05) is 0 Å². The molecule has 0 saturated carbocycles. The molecule has 0 saturated heterocycles. The Balaban J connectivity index is 2.78. The third-order valence-corrected chi connectivity index (χ3v) is 3.60. The van der Waals surface area contributed by atoms with Crippen LogP contribution in [0, 0.1) is 11.7 Å². The van der Waals surface area contributed by atoms with Crippen LogP contribution in [0.25, 0.3) is 0 Å². The molecule has 6 heteroatoms. The van der Waals surface area contributed by atoms with Gasteiger partial charge in [-0.2, -0.15) is 0 Å². The van der Waals surface area contributed by atoms with E-state index in [0.717, 1.165) is 25.6 Å². The molecule has 0 aliphatic carbocycles. The van der Waals surface area contributed by atoms with Crippen LogP contribution in [0.3, 0.4) is 0 Å². The molecule has 0 aliphatic rings. The molecule has 0 heterocycles. The minimum absolute atomic E-state index is 0.0305. The summed E-state index contributed by atoms with van der Waals surface area (Å²) in [7, 11) is -3.47. The van der Waals surface area contributed by atoms with Gasteiger partial charge in [0.2, 0.25) is 10.0 Å². The lowest BCUT2D eigenvalue weighted by Gasteiger charge is -2.15. The Labute approximate surface area is 114 Å². The molecule has 0 radical (unpaired) electrons. The molecule has 108 valence electrons. The van der Waals surface area contributed by atoms with Crippen LogP contribution in [0.5, 0.6) is 0 Å². The Morgan fingerprint density at radius 1 is 1.26 bits per heavy atom. The first kappa shape index (κ1) is 15.8. The lowest BCUT2D eigenvalue weighted by molar-refractivity contribution is 0.519. The van der Waals surface area contributed by atoms with Gasteiger partial charge in [-0.25, -0.2) is 12.8 Å². The summed E-state index contributed by atoms with van der Waals surface area (Å²) in [5.74, 6) is -0.0325. The first-order valence-electron chi connectivity index (χ1n) is 6.37. The van der Waals surface area contributed by atoms with Crippen LogP contribution in [0.15, 0.2) is 18.2 Å². The highest BCUT2D eigenvalue weighted by Gasteiger charge is 2.09. The molecule has 0 spiro atoms. The van der Waals surface area contributed by atoms with Crippen molar-refractivity contribution in [3.05, 3.63) is 24.0 Å². The molecule has 0 unspecified atom stereocenters. The van der Waals surface area contributed by atoms with Crippen molar-refractivity contribution in [3.63, 3.8) is 0 Å². The van der Waals surface area contributed by atoms with Gasteiger partial charge in [-0.1, -0.05) is 26.7 Å². The predicted molar refractivity (Wildman–Crippen MR) is 77.4 cm³/mol. The predicted octanol–water partition coefficient (Wildman–Crippen LogP) is 3.05. The number of hydrogen-bond donors (Lipinski definition) is 2. The standard InChI is InChI=1S/C13H21FN2O2S/c1-4-10(5-2)9-15-11-6-7-12(14)13(8-11)16-19(3,17)18/h6-8,10,15-16H,4-5,9H2,1-3H3. The Kier molecular flexibility index (Phi) is 5.60. The summed E-state index contributed by atoms with van der Waals surface area (Å²) in [5, 5.41) is 3.20. The van der Waals surface area contributed by atoms with Crippen molar-refractivity contribution in [3.8, 4) is 0 Å². The van der Waals surface area contributed by atoms with Crippen molar-refractivity contribution < 1.29 is 12.8 Å². The summed E-state index contributed by atoms with van der Waals surface area (Å²) < 4.78 is 37.9. The summed E-state index contributed by atoms with van der Waals surface area (Å²) in [6.07, 6.45) is 3.13. The van der Waals surface area contributed by atoms with E-state index in [0.29, 0.717) is 11.6 Å². The van der Waals surface area contributed by atoms with E-state index >= 15 is 0 Å². The van der Waals surface area contributed by atoms with Crippen LogP contribution in [-0.4, -0.2) is 21.2 Å². The number of benzene rings is 1. The van der Waals surface area contributed by atoms with Gasteiger partial charge < -0.3 is 5.32 Å². The number of rotatable bonds is 7. The third kappa shape index (κ3) is 5.46. The Morgan fingerprint density at radius 3 is 2.42 bits per heavy atom. The van der Waals surface area contributed by atoms with E-state index < -0.39 is 15.8 Å². The Morgan fingerprint density at radius 2 is 1.89 bits per heavy atom. The highest BCUT2D eigenvalue weighted by atomic mass is 32.2. The van der Waals surface area contributed by atoms with Crippen molar-refractivity contribution in [2.75, 3.05) is 22.8 Å². The molecule has 0 aliphatic heterocycles. The number of sulfonamides is 1. The van der Waals surface area contributed by atoms with Crippen LogP contribution in [0.4, 0.5) is 15.8 Å². The molecule has 0 atom stereocenters. The molecular weight excluding hydrogens is 267 g/mol. The average molecular weight is 288 g/mol. The third-order valence-electron chi connectivity index (χ3n) is 3.01. The van der Waals surface area contributed by atoms with Gasteiger partial charge in [-0.15, -0.1) is 0 Å². The van der Waals surface area contributed by atoms with Gasteiger partial charge in [0.1, 0.15) is 5.82 Å². The lowest BCUT2D eigenvalue weighted by Crippen LogP contribution is -2.14. The van der Waals surface area contributed by atoms with Crippen molar-refractivity contribution in [1.82, 2.24) is 0 Å². The first-order chi connectivity index (χ1) is 8.85. The summed E-state index contributed by atoms with van der Waals surface area (Å²) >= 11 is 0. The Bertz CT molecular complexity index is 513. The monoisotopic (exact) mass is 288 g/mol. The molecule has 1 rings (SSSR count). The summed E-state index contributed by atoms with van der Waals surface area (Å²) in [6.45, 7) is 5.03. The normalized spacial score (nSPS) is 11.6. The second-order valence-corrected chi connectivity index (χ2v) is 6.38. The highest BCUT2D eigenvalue weighted by molar-refractivity contribution is 7.92. The molecule has 0 amide bonds. The number of halogens is 1. The van der Waals surface area contributed by atoms with E-state index in [-0.39, 0.29) is 5.69 Å². The summed E-state index contributed by atoms with van der Waals surface area (Å²) in [4.78, 5) is 0. The van der Waals surface area contributed by atoms with E-state index in [9.17, 15) is 12.8 Å². The van der Waals surface area contributed by atoms with Gasteiger partial charge in [0.15, 0.2) is 0 Å². The average Bonchev–Trinajstić information content (AvgIpc) is 2.32. The minimum atomic E-state index is -3.47. The molecule has 1 aromatic rings. The molecule has 0 aromatic heterocycles. The molecule has 2 N–H and O–H groups in total. The Hall–Kier alpha value is -1.30. The van der Waals surface area contributed by atoms with Crippen LogP contribution < -0.4 is 10.0 Å². The largest absolute Gasteiger partial charge is 0.385 e. The van der Waals surface area contributed by atoms with Gasteiger partial charge in [0, 0.05) is 12.2 Å². The van der Waals surface area contributed by atoms with Gasteiger partial charge in [0.05, 0.1) is 11.9 Å². The summed E-state index contributed by atoms with van der Waals surface area (Å²) in [5.41, 5.74) is 0.677. The molecule has 19 heavy (non-hydrogen) atoms. The zero-order valence-electron chi connectivity index (χ0n) is 11.5. The second-order valence-electron chi connectivity index (χ2n) is 4.63. The maximum Gasteiger partial charge on any atom is 0.229 e. The smallest absolute Gasteiger partial charge is 0.229 e.